The molecule has 84 valence electrons. The van der Waals surface area contributed by atoms with Crippen molar-refractivity contribution in [1.82, 2.24) is 0 Å². The van der Waals surface area contributed by atoms with Gasteiger partial charge >= 0.3 is 0 Å². The predicted molar refractivity (Wildman–Crippen MR) is 64.6 cm³/mol. The van der Waals surface area contributed by atoms with Crippen LogP contribution in [-0.2, 0) is 0 Å². The quantitative estimate of drug-likeness (QED) is 0.513. The molecule has 4 unspecified atom stereocenters. The molecule has 3 rings (SSSR count). The maximum atomic E-state index is 2.62. The zero-order valence-electron chi connectivity index (χ0n) is 10.6. The van der Waals surface area contributed by atoms with Crippen molar-refractivity contribution in [2.24, 2.45) is 28.1 Å². The lowest BCUT2D eigenvalue weighted by Crippen LogP contribution is -2.43. The van der Waals surface area contributed by atoms with Gasteiger partial charge in [-0.1, -0.05) is 46.3 Å². The molecule has 0 amide bonds. The summed E-state index contributed by atoms with van der Waals surface area (Å²) in [5, 5.41) is 0. The van der Waals surface area contributed by atoms with E-state index in [1.807, 2.05) is 0 Å². The lowest BCUT2D eigenvalue weighted by atomic mass is 9.55. The van der Waals surface area contributed by atoms with Gasteiger partial charge in [0.2, 0.25) is 0 Å². The fourth-order valence-corrected chi connectivity index (χ4v) is 5.91. The van der Waals surface area contributed by atoms with Gasteiger partial charge in [0, 0.05) is 0 Å². The lowest BCUT2D eigenvalue weighted by Gasteiger charge is -2.48. The van der Waals surface area contributed by atoms with E-state index in [0.717, 1.165) is 11.8 Å². The van der Waals surface area contributed by atoms with Crippen molar-refractivity contribution in [3.63, 3.8) is 0 Å². The second kappa shape index (κ2) is 2.52. The van der Waals surface area contributed by atoms with E-state index in [1.54, 1.807) is 0 Å². The molecule has 0 radical (unpaired) electrons. The van der Waals surface area contributed by atoms with Crippen molar-refractivity contribution in [2.45, 2.75) is 53.4 Å². The van der Waals surface area contributed by atoms with Crippen LogP contribution in [0.3, 0.4) is 0 Å². The summed E-state index contributed by atoms with van der Waals surface area (Å²) in [7, 11) is 0. The zero-order valence-corrected chi connectivity index (χ0v) is 10.6. The summed E-state index contributed by atoms with van der Waals surface area (Å²) in [6, 6.07) is 0. The summed E-state index contributed by atoms with van der Waals surface area (Å²) in [6.45, 7) is 9.96. The van der Waals surface area contributed by atoms with Gasteiger partial charge in [-0.25, -0.2) is 0 Å². The first-order valence-corrected chi connectivity index (χ1v) is 6.67. The monoisotopic (exact) mass is 204 g/mol. The van der Waals surface area contributed by atoms with Gasteiger partial charge in [-0.2, -0.15) is 0 Å². The van der Waals surface area contributed by atoms with Crippen LogP contribution in [0.2, 0.25) is 0 Å². The third-order valence-electron chi connectivity index (χ3n) is 6.37. The first kappa shape index (κ1) is 9.93. The molecule has 0 bridgehead atoms. The van der Waals surface area contributed by atoms with Crippen LogP contribution in [0.1, 0.15) is 53.4 Å². The molecule has 2 fully saturated rings. The van der Waals surface area contributed by atoms with Gasteiger partial charge in [0.05, 0.1) is 0 Å². The van der Waals surface area contributed by atoms with Gasteiger partial charge in [-0.15, -0.1) is 0 Å². The Morgan fingerprint density at radius 1 is 1.00 bits per heavy atom. The fraction of sp³-hybridized carbons (Fsp3) is 0.867. The van der Waals surface area contributed by atoms with E-state index in [-0.39, 0.29) is 0 Å². The normalized spacial score (nSPS) is 55.7. The molecule has 0 aromatic carbocycles. The summed E-state index contributed by atoms with van der Waals surface area (Å²) < 4.78 is 0. The standard InChI is InChI=1S/C15H24/c1-11-10-12(2)15-7-5-6-14(11,15)9-8-13(15,3)4/h8-9,11-12H,5-7,10H2,1-4H3. The molecule has 0 saturated heterocycles. The second-order valence-corrected chi connectivity index (χ2v) is 6.96. The van der Waals surface area contributed by atoms with E-state index in [0.29, 0.717) is 16.2 Å². The zero-order chi connectivity index (χ0) is 10.9. The highest BCUT2D eigenvalue weighted by Gasteiger charge is 2.70. The van der Waals surface area contributed by atoms with Crippen LogP contribution < -0.4 is 0 Å². The summed E-state index contributed by atoms with van der Waals surface area (Å²) in [5.74, 6) is 1.83. The number of hydrogen-bond acceptors (Lipinski definition) is 0. The van der Waals surface area contributed by atoms with Gasteiger partial charge < -0.3 is 0 Å². The number of rotatable bonds is 0. The molecule has 0 heterocycles. The Balaban J connectivity index is 2.21. The fourth-order valence-electron chi connectivity index (χ4n) is 5.91. The molecule has 0 aromatic rings. The third-order valence-corrected chi connectivity index (χ3v) is 6.37. The molecule has 0 aliphatic heterocycles. The first-order valence-electron chi connectivity index (χ1n) is 6.67. The van der Waals surface area contributed by atoms with Crippen molar-refractivity contribution in [3.05, 3.63) is 12.2 Å². The highest BCUT2D eigenvalue weighted by Crippen LogP contribution is 2.77. The van der Waals surface area contributed by atoms with Crippen molar-refractivity contribution in [1.29, 1.82) is 0 Å². The van der Waals surface area contributed by atoms with E-state index in [1.165, 1.54) is 25.7 Å². The van der Waals surface area contributed by atoms with Crippen LogP contribution in [0.15, 0.2) is 12.2 Å². The number of hydrogen-bond donors (Lipinski definition) is 0. The topological polar surface area (TPSA) is 0 Å². The summed E-state index contributed by atoms with van der Waals surface area (Å²) >= 11 is 0. The van der Waals surface area contributed by atoms with Crippen LogP contribution in [0.5, 0.6) is 0 Å². The molecule has 2 saturated carbocycles. The van der Waals surface area contributed by atoms with Crippen LogP contribution in [0.25, 0.3) is 0 Å². The van der Waals surface area contributed by atoms with E-state index in [2.05, 4.69) is 39.8 Å². The minimum Gasteiger partial charge on any atom is -0.0817 e. The third kappa shape index (κ3) is 0.797. The van der Waals surface area contributed by atoms with Crippen molar-refractivity contribution >= 4 is 0 Å². The van der Waals surface area contributed by atoms with Crippen molar-refractivity contribution < 1.29 is 0 Å². The molecular formula is C15H24. The average Bonchev–Trinajstić information content (AvgIpc) is 2.69. The van der Waals surface area contributed by atoms with Crippen molar-refractivity contribution in [2.75, 3.05) is 0 Å². The maximum Gasteiger partial charge on any atom is -0.00253 e. The maximum absolute atomic E-state index is 2.62. The van der Waals surface area contributed by atoms with Gasteiger partial charge in [0.15, 0.2) is 0 Å². The molecule has 0 heteroatoms. The van der Waals surface area contributed by atoms with E-state index in [9.17, 15) is 0 Å². The smallest absolute Gasteiger partial charge is 0.00253 e. The van der Waals surface area contributed by atoms with Crippen LogP contribution in [0, 0.1) is 28.1 Å². The molecule has 4 atom stereocenters. The molecule has 15 heavy (non-hydrogen) atoms. The SMILES string of the molecule is CC1CC(C)C23CCCC12C=CC3(C)C. The van der Waals surface area contributed by atoms with E-state index < -0.39 is 0 Å². The molecule has 0 aromatic heterocycles. The lowest BCUT2D eigenvalue weighted by molar-refractivity contribution is 0.0157. The molecule has 0 nitrogen and oxygen atoms in total. The van der Waals surface area contributed by atoms with Gasteiger partial charge in [-0.05, 0) is 47.3 Å². The summed E-state index contributed by atoms with van der Waals surface area (Å²) in [5.41, 5.74) is 1.63. The Bertz CT molecular complexity index is 325. The summed E-state index contributed by atoms with van der Waals surface area (Å²) in [4.78, 5) is 0. The highest BCUT2D eigenvalue weighted by molar-refractivity contribution is 5.32. The Kier molecular flexibility index (Phi) is 1.67. The van der Waals surface area contributed by atoms with Gasteiger partial charge in [0.25, 0.3) is 0 Å². The Hall–Kier alpha value is -0.260. The highest BCUT2D eigenvalue weighted by atomic mass is 14.7. The van der Waals surface area contributed by atoms with Crippen LogP contribution in [0.4, 0.5) is 0 Å². The predicted octanol–water partition coefficient (Wildman–Crippen LogP) is 4.42. The van der Waals surface area contributed by atoms with E-state index >= 15 is 0 Å². The van der Waals surface area contributed by atoms with Crippen molar-refractivity contribution in [3.8, 4) is 0 Å². The molecule has 3 aliphatic carbocycles. The molecule has 0 N–H and O–H groups in total. The molecule has 3 aliphatic rings. The number of allylic oxidation sites excluding steroid dienone is 2. The average molecular weight is 204 g/mol. The van der Waals surface area contributed by atoms with Crippen LogP contribution in [-0.4, -0.2) is 0 Å². The van der Waals surface area contributed by atoms with Crippen LogP contribution >= 0.6 is 0 Å². The Labute approximate surface area is 94.1 Å². The summed E-state index contributed by atoms with van der Waals surface area (Å²) in [6.07, 6.45) is 11.0. The largest absolute Gasteiger partial charge is 0.0817 e. The van der Waals surface area contributed by atoms with Gasteiger partial charge in [-0.3, -0.25) is 0 Å². The second-order valence-electron chi connectivity index (χ2n) is 6.96. The van der Waals surface area contributed by atoms with Gasteiger partial charge in [0.1, 0.15) is 0 Å². The minimum absolute atomic E-state index is 0.438. The van der Waals surface area contributed by atoms with E-state index in [4.69, 9.17) is 0 Å². The molecular weight excluding hydrogens is 180 g/mol. The Morgan fingerprint density at radius 2 is 1.73 bits per heavy atom. The first-order chi connectivity index (χ1) is 6.96. The Morgan fingerprint density at radius 3 is 2.40 bits per heavy atom. The minimum atomic E-state index is 0.438. The molecule has 0 spiro atoms.